The predicted octanol–water partition coefficient (Wildman–Crippen LogP) is 2.69. The number of nitrogens with zero attached hydrogens (tertiary/aromatic N) is 2. The van der Waals surface area contributed by atoms with E-state index in [0.717, 1.165) is 6.04 Å². The molecule has 1 atom stereocenters. The van der Waals surface area contributed by atoms with Gasteiger partial charge in [0.15, 0.2) is 0 Å². The second-order valence-electron chi connectivity index (χ2n) is 5.95. The van der Waals surface area contributed by atoms with Crippen molar-refractivity contribution >= 4 is 0 Å². The van der Waals surface area contributed by atoms with Crippen molar-refractivity contribution in [3.8, 4) is 0 Å². The molecule has 90 valence electrons. The molecule has 0 bridgehead atoms. The first-order valence-electron chi connectivity index (χ1n) is 6.50. The molecule has 1 heterocycles. The van der Waals surface area contributed by atoms with Crippen LogP contribution in [0.4, 0.5) is 0 Å². The van der Waals surface area contributed by atoms with E-state index in [-0.39, 0.29) is 0 Å². The molecular formula is C13H29N2+. The molecule has 0 amide bonds. The molecule has 0 spiro atoms. The minimum absolute atomic E-state index is 0.331. The third-order valence-electron chi connectivity index (χ3n) is 4.34. The molecule has 1 aliphatic rings. The van der Waals surface area contributed by atoms with Gasteiger partial charge in [-0.25, -0.2) is 4.90 Å². The quantitative estimate of drug-likeness (QED) is 0.652. The van der Waals surface area contributed by atoms with Gasteiger partial charge in [0.1, 0.15) is 12.7 Å². The Morgan fingerprint density at radius 2 is 1.67 bits per heavy atom. The van der Waals surface area contributed by atoms with Crippen LogP contribution in [-0.2, 0) is 0 Å². The average Bonchev–Trinajstić information content (AvgIpc) is 2.56. The van der Waals surface area contributed by atoms with Crippen molar-refractivity contribution in [2.24, 2.45) is 0 Å². The summed E-state index contributed by atoms with van der Waals surface area (Å²) < 4.78 is 1.30. The Balaban J connectivity index is 2.83. The lowest BCUT2D eigenvalue weighted by Gasteiger charge is -2.38. The molecule has 1 unspecified atom stereocenters. The van der Waals surface area contributed by atoms with Crippen molar-refractivity contribution in [3.63, 3.8) is 0 Å². The topological polar surface area (TPSA) is 3.24 Å². The van der Waals surface area contributed by atoms with Gasteiger partial charge in [0.05, 0.1) is 19.6 Å². The zero-order valence-corrected chi connectivity index (χ0v) is 11.5. The van der Waals surface area contributed by atoms with Crippen LogP contribution in [0.1, 0.15) is 48.0 Å². The number of hydrogen-bond acceptors (Lipinski definition) is 1. The third-order valence-corrected chi connectivity index (χ3v) is 4.34. The van der Waals surface area contributed by atoms with Gasteiger partial charge in [-0.1, -0.05) is 6.92 Å². The highest BCUT2D eigenvalue weighted by Gasteiger charge is 2.45. The van der Waals surface area contributed by atoms with E-state index >= 15 is 0 Å². The Bertz CT molecular complexity index is 201. The van der Waals surface area contributed by atoms with Crippen LogP contribution >= 0.6 is 0 Å². The molecule has 0 saturated carbocycles. The molecule has 0 aromatic rings. The smallest absolute Gasteiger partial charge is 0.135 e. The van der Waals surface area contributed by atoms with Crippen LogP contribution in [0.15, 0.2) is 0 Å². The molecule has 2 heteroatoms. The Hall–Kier alpha value is -0.0800. The maximum Gasteiger partial charge on any atom is 0.135 e. The average molecular weight is 213 g/mol. The summed E-state index contributed by atoms with van der Waals surface area (Å²) in [6, 6.07) is 0.847. The molecule has 0 radical (unpaired) electrons. The summed E-state index contributed by atoms with van der Waals surface area (Å²) >= 11 is 0. The molecule has 15 heavy (non-hydrogen) atoms. The molecule has 1 rings (SSSR count). The molecule has 2 nitrogen and oxygen atoms in total. The molecule has 0 aromatic heterocycles. The highest BCUT2D eigenvalue weighted by molar-refractivity contribution is 4.82. The van der Waals surface area contributed by atoms with E-state index in [1.54, 1.807) is 0 Å². The summed E-state index contributed by atoms with van der Waals surface area (Å²) in [5, 5.41) is 0. The van der Waals surface area contributed by atoms with Crippen LogP contribution in [0.3, 0.4) is 0 Å². The summed E-state index contributed by atoms with van der Waals surface area (Å²) in [5.74, 6) is 0. The highest BCUT2D eigenvalue weighted by Crippen LogP contribution is 2.30. The Kier molecular flexibility index (Phi) is 3.83. The molecule has 1 aliphatic heterocycles. The van der Waals surface area contributed by atoms with Crippen molar-refractivity contribution in [2.45, 2.75) is 59.5 Å². The highest BCUT2D eigenvalue weighted by atomic mass is 15.5. The first-order chi connectivity index (χ1) is 6.89. The summed E-state index contributed by atoms with van der Waals surface area (Å²) in [6.07, 6.45) is 1.31. The lowest BCUT2D eigenvalue weighted by Crippen LogP contribution is -2.53. The van der Waals surface area contributed by atoms with Crippen LogP contribution in [-0.4, -0.2) is 47.3 Å². The second-order valence-corrected chi connectivity index (χ2v) is 5.95. The lowest BCUT2D eigenvalue weighted by molar-refractivity contribution is -0.939. The van der Waals surface area contributed by atoms with Crippen molar-refractivity contribution in [2.75, 3.05) is 26.3 Å². The maximum atomic E-state index is 2.66. The van der Waals surface area contributed by atoms with Gasteiger partial charge in [0.25, 0.3) is 0 Å². The van der Waals surface area contributed by atoms with Crippen LogP contribution < -0.4 is 0 Å². The SMILES string of the molecule is CCC1CN(C(C)(C)C)C[N+]1(CC)CC. The maximum absolute atomic E-state index is 2.66. The van der Waals surface area contributed by atoms with Gasteiger partial charge >= 0.3 is 0 Å². The standard InChI is InChI=1S/C13H29N2/c1-7-12-10-14(13(4,5)6)11-15(12,8-2)9-3/h12H,7-11H2,1-6H3/q+1. The van der Waals surface area contributed by atoms with Gasteiger partial charge in [0, 0.05) is 5.54 Å². The molecular weight excluding hydrogens is 184 g/mol. The van der Waals surface area contributed by atoms with E-state index in [1.807, 2.05) is 0 Å². The minimum Gasteiger partial charge on any atom is -0.308 e. The largest absolute Gasteiger partial charge is 0.308 e. The summed E-state index contributed by atoms with van der Waals surface area (Å²) in [5.41, 5.74) is 0.331. The van der Waals surface area contributed by atoms with Gasteiger partial charge < -0.3 is 4.48 Å². The lowest BCUT2D eigenvalue weighted by atomic mass is 10.1. The number of rotatable bonds is 3. The second kappa shape index (κ2) is 4.42. The fourth-order valence-electron chi connectivity index (χ4n) is 2.88. The van der Waals surface area contributed by atoms with Crippen molar-refractivity contribution in [1.29, 1.82) is 0 Å². The molecule has 0 aliphatic carbocycles. The third kappa shape index (κ3) is 2.36. The minimum atomic E-state index is 0.331. The van der Waals surface area contributed by atoms with Gasteiger partial charge in [0.2, 0.25) is 0 Å². The fourth-order valence-corrected chi connectivity index (χ4v) is 2.88. The van der Waals surface area contributed by atoms with Gasteiger partial charge in [-0.2, -0.15) is 0 Å². The Labute approximate surface area is 95.8 Å². The summed E-state index contributed by atoms with van der Waals surface area (Å²) in [6.45, 7) is 19.1. The normalized spacial score (nSPS) is 27.2. The van der Waals surface area contributed by atoms with E-state index in [9.17, 15) is 0 Å². The van der Waals surface area contributed by atoms with Crippen molar-refractivity contribution in [3.05, 3.63) is 0 Å². The molecule has 0 aromatic carbocycles. The van der Waals surface area contributed by atoms with Gasteiger partial charge in [-0.3, -0.25) is 0 Å². The van der Waals surface area contributed by atoms with E-state index in [2.05, 4.69) is 46.4 Å². The summed E-state index contributed by atoms with van der Waals surface area (Å²) in [4.78, 5) is 2.66. The van der Waals surface area contributed by atoms with Crippen LogP contribution in [0.2, 0.25) is 0 Å². The van der Waals surface area contributed by atoms with Crippen LogP contribution in [0.25, 0.3) is 0 Å². The monoisotopic (exact) mass is 213 g/mol. The number of likely N-dealkylation sites (N-methyl/N-ethyl adjacent to an activating group) is 1. The Morgan fingerprint density at radius 1 is 1.13 bits per heavy atom. The zero-order valence-electron chi connectivity index (χ0n) is 11.5. The van der Waals surface area contributed by atoms with Gasteiger partial charge in [-0.05, 0) is 41.0 Å². The summed E-state index contributed by atoms with van der Waals surface area (Å²) in [7, 11) is 0. The van der Waals surface area contributed by atoms with Crippen molar-refractivity contribution < 1.29 is 4.48 Å². The fraction of sp³-hybridized carbons (Fsp3) is 1.00. The van der Waals surface area contributed by atoms with E-state index in [1.165, 1.54) is 37.2 Å². The zero-order chi connectivity index (χ0) is 11.7. The Morgan fingerprint density at radius 3 is 1.93 bits per heavy atom. The first kappa shape index (κ1) is 13.0. The van der Waals surface area contributed by atoms with Crippen molar-refractivity contribution in [1.82, 2.24) is 4.90 Å². The van der Waals surface area contributed by atoms with E-state index < -0.39 is 0 Å². The van der Waals surface area contributed by atoms with Crippen LogP contribution in [0, 0.1) is 0 Å². The molecule has 0 N–H and O–H groups in total. The number of quaternary nitrogens is 1. The first-order valence-corrected chi connectivity index (χ1v) is 6.50. The van der Waals surface area contributed by atoms with Gasteiger partial charge in [-0.15, -0.1) is 0 Å². The predicted molar refractivity (Wildman–Crippen MR) is 66.7 cm³/mol. The molecule has 1 fully saturated rings. The van der Waals surface area contributed by atoms with E-state index in [4.69, 9.17) is 0 Å². The van der Waals surface area contributed by atoms with E-state index in [0.29, 0.717) is 5.54 Å². The molecule has 1 saturated heterocycles. The number of hydrogen-bond donors (Lipinski definition) is 0. The van der Waals surface area contributed by atoms with Crippen LogP contribution in [0.5, 0.6) is 0 Å².